The Labute approximate surface area is 100 Å². The summed E-state index contributed by atoms with van der Waals surface area (Å²) in [6.45, 7) is 13.5. The Morgan fingerprint density at radius 2 is 1.81 bits per heavy atom. The molecule has 16 heavy (non-hydrogen) atoms. The van der Waals surface area contributed by atoms with E-state index in [9.17, 15) is 0 Å². The SMILES string of the molecule is CCOC(C)(CC)C1(C)C=CC(C)(CC)O1. The van der Waals surface area contributed by atoms with Gasteiger partial charge in [0.2, 0.25) is 0 Å². The second-order valence-electron chi connectivity index (χ2n) is 5.23. The fourth-order valence-electron chi connectivity index (χ4n) is 2.28. The van der Waals surface area contributed by atoms with Gasteiger partial charge in [0, 0.05) is 6.61 Å². The molecule has 0 saturated carbocycles. The molecule has 1 rings (SSSR count). The fraction of sp³-hybridized carbons (Fsp3) is 0.857. The smallest absolute Gasteiger partial charge is 0.113 e. The quantitative estimate of drug-likeness (QED) is 0.665. The van der Waals surface area contributed by atoms with Crippen LogP contribution in [0.25, 0.3) is 0 Å². The molecule has 0 bridgehead atoms. The molecule has 94 valence electrons. The summed E-state index contributed by atoms with van der Waals surface area (Å²) in [5.74, 6) is 0. The predicted molar refractivity (Wildman–Crippen MR) is 67.6 cm³/mol. The second kappa shape index (κ2) is 4.50. The third kappa shape index (κ3) is 2.18. The number of hydrogen-bond donors (Lipinski definition) is 0. The Morgan fingerprint density at radius 3 is 2.19 bits per heavy atom. The molecule has 0 aromatic carbocycles. The van der Waals surface area contributed by atoms with Crippen molar-refractivity contribution in [1.29, 1.82) is 0 Å². The first-order valence-electron chi connectivity index (χ1n) is 6.39. The maximum atomic E-state index is 6.26. The molecular weight excluding hydrogens is 200 g/mol. The lowest BCUT2D eigenvalue weighted by Crippen LogP contribution is -2.52. The van der Waals surface area contributed by atoms with Crippen molar-refractivity contribution in [2.24, 2.45) is 0 Å². The van der Waals surface area contributed by atoms with Crippen molar-refractivity contribution in [2.75, 3.05) is 6.61 Å². The molecule has 0 N–H and O–H groups in total. The molecule has 0 spiro atoms. The summed E-state index contributed by atoms with van der Waals surface area (Å²) in [6, 6.07) is 0. The Balaban J connectivity index is 2.92. The van der Waals surface area contributed by atoms with Gasteiger partial charge in [0.25, 0.3) is 0 Å². The lowest BCUT2D eigenvalue weighted by molar-refractivity contribution is -0.194. The van der Waals surface area contributed by atoms with Crippen LogP contribution in [0.15, 0.2) is 12.2 Å². The first-order chi connectivity index (χ1) is 7.35. The van der Waals surface area contributed by atoms with Crippen LogP contribution < -0.4 is 0 Å². The zero-order valence-electron chi connectivity index (χ0n) is 11.6. The van der Waals surface area contributed by atoms with E-state index in [1.165, 1.54) is 0 Å². The second-order valence-corrected chi connectivity index (χ2v) is 5.23. The first kappa shape index (κ1) is 13.7. The van der Waals surface area contributed by atoms with E-state index in [1.54, 1.807) is 0 Å². The molecule has 3 atom stereocenters. The van der Waals surface area contributed by atoms with E-state index in [1.807, 2.05) is 6.92 Å². The van der Waals surface area contributed by atoms with Crippen molar-refractivity contribution >= 4 is 0 Å². The van der Waals surface area contributed by atoms with Crippen LogP contribution >= 0.6 is 0 Å². The summed E-state index contributed by atoms with van der Waals surface area (Å²) in [5, 5.41) is 0. The zero-order valence-corrected chi connectivity index (χ0v) is 11.6. The lowest BCUT2D eigenvalue weighted by Gasteiger charge is -2.44. The molecule has 0 aromatic heterocycles. The van der Waals surface area contributed by atoms with E-state index in [0.717, 1.165) is 19.4 Å². The van der Waals surface area contributed by atoms with Gasteiger partial charge < -0.3 is 9.47 Å². The van der Waals surface area contributed by atoms with Crippen molar-refractivity contribution in [2.45, 2.75) is 71.2 Å². The van der Waals surface area contributed by atoms with Crippen LogP contribution in [0.5, 0.6) is 0 Å². The van der Waals surface area contributed by atoms with E-state index in [4.69, 9.17) is 9.47 Å². The van der Waals surface area contributed by atoms with Crippen LogP contribution in [0.2, 0.25) is 0 Å². The number of rotatable bonds is 5. The molecule has 0 aromatic rings. The first-order valence-corrected chi connectivity index (χ1v) is 6.39. The Bertz CT molecular complexity index is 274. The highest BCUT2D eigenvalue weighted by Crippen LogP contribution is 2.43. The molecule has 2 heteroatoms. The monoisotopic (exact) mass is 226 g/mol. The minimum Gasteiger partial charge on any atom is -0.372 e. The van der Waals surface area contributed by atoms with Crippen molar-refractivity contribution < 1.29 is 9.47 Å². The Kier molecular flexibility index (Phi) is 3.86. The highest BCUT2D eigenvalue weighted by molar-refractivity contribution is 5.21. The molecule has 0 aliphatic carbocycles. The van der Waals surface area contributed by atoms with Crippen LogP contribution in [0.4, 0.5) is 0 Å². The van der Waals surface area contributed by atoms with Crippen LogP contribution in [0.3, 0.4) is 0 Å². The summed E-state index contributed by atoms with van der Waals surface area (Å²) in [7, 11) is 0. The van der Waals surface area contributed by atoms with E-state index < -0.39 is 0 Å². The van der Waals surface area contributed by atoms with Gasteiger partial charge in [-0.1, -0.05) is 26.0 Å². The normalized spacial score (nSPS) is 37.6. The molecular formula is C14H26O2. The van der Waals surface area contributed by atoms with Crippen molar-refractivity contribution in [1.82, 2.24) is 0 Å². The fourth-order valence-corrected chi connectivity index (χ4v) is 2.28. The van der Waals surface area contributed by atoms with Crippen LogP contribution in [-0.4, -0.2) is 23.4 Å². The van der Waals surface area contributed by atoms with Gasteiger partial charge in [-0.05, 0) is 40.5 Å². The summed E-state index contributed by atoms with van der Waals surface area (Å²) in [4.78, 5) is 0. The minimum absolute atomic E-state index is 0.137. The van der Waals surface area contributed by atoms with Gasteiger partial charge in [0.05, 0.1) is 11.2 Å². The largest absolute Gasteiger partial charge is 0.372 e. The third-order valence-corrected chi connectivity index (χ3v) is 4.09. The summed E-state index contributed by atoms with van der Waals surface area (Å²) < 4.78 is 12.2. The van der Waals surface area contributed by atoms with Gasteiger partial charge in [0.15, 0.2) is 0 Å². The van der Waals surface area contributed by atoms with Crippen LogP contribution in [0, 0.1) is 0 Å². The van der Waals surface area contributed by atoms with Crippen molar-refractivity contribution in [3.8, 4) is 0 Å². The highest BCUT2D eigenvalue weighted by Gasteiger charge is 2.50. The Morgan fingerprint density at radius 1 is 1.19 bits per heavy atom. The number of ether oxygens (including phenoxy) is 2. The van der Waals surface area contributed by atoms with E-state index in [-0.39, 0.29) is 16.8 Å². The number of hydrogen-bond acceptors (Lipinski definition) is 2. The maximum absolute atomic E-state index is 6.26. The zero-order chi connectivity index (χ0) is 12.4. The van der Waals surface area contributed by atoms with Gasteiger partial charge in [0.1, 0.15) is 5.60 Å². The molecule has 0 amide bonds. The lowest BCUT2D eigenvalue weighted by atomic mass is 9.83. The van der Waals surface area contributed by atoms with Crippen LogP contribution in [-0.2, 0) is 9.47 Å². The van der Waals surface area contributed by atoms with Gasteiger partial charge in [-0.3, -0.25) is 0 Å². The molecule has 2 nitrogen and oxygen atoms in total. The predicted octanol–water partition coefficient (Wildman–Crippen LogP) is 3.71. The molecule has 1 heterocycles. The van der Waals surface area contributed by atoms with E-state index in [2.05, 4.69) is 46.8 Å². The van der Waals surface area contributed by atoms with E-state index in [0.29, 0.717) is 0 Å². The molecule has 1 aliphatic heterocycles. The van der Waals surface area contributed by atoms with Crippen molar-refractivity contribution in [3.63, 3.8) is 0 Å². The summed E-state index contributed by atoms with van der Waals surface area (Å²) >= 11 is 0. The van der Waals surface area contributed by atoms with Gasteiger partial charge in [-0.25, -0.2) is 0 Å². The molecule has 0 radical (unpaired) electrons. The molecule has 3 unspecified atom stereocenters. The standard InChI is InChI=1S/C14H26O2/c1-7-12(4)10-11-14(6,16-12)13(5,8-2)15-9-3/h10-11H,7-9H2,1-6H3. The molecule has 0 fully saturated rings. The average Bonchev–Trinajstić information content (AvgIpc) is 2.58. The van der Waals surface area contributed by atoms with Gasteiger partial charge in [-0.2, -0.15) is 0 Å². The van der Waals surface area contributed by atoms with Crippen molar-refractivity contribution in [3.05, 3.63) is 12.2 Å². The summed E-state index contributed by atoms with van der Waals surface area (Å²) in [6.07, 6.45) is 6.29. The third-order valence-electron chi connectivity index (χ3n) is 4.09. The Hall–Kier alpha value is -0.340. The van der Waals surface area contributed by atoms with Gasteiger partial charge in [-0.15, -0.1) is 0 Å². The molecule has 0 saturated heterocycles. The minimum atomic E-state index is -0.317. The average molecular weight is 226 g/mol. The topological polar surface area (TPSA) is 18.5 Å². The van der Waals surface area contributed by atoms with E-state index >= 15 is 0 Å². The molecule has 1 aliphatic rings. The summed E-state index contributed by atoms with van der Waals surface area (Å²) in [5.41, 5.74) is -0.698. The van der Waals surface area contributed by atoms with Gasteiger partial charge >= 0.3 is 0 Å². The maximum Gasteiger partial charge on any atom is 0.113 e. The van der Waals surface area contributed by atoms with Crippen LogP contribution in [0.1, 0.15) is 54.4 Å². The highest BCUT2D eigenvalue weighted by atomic mass is 16.6.